The predicted molar refractivity (Wildman–Crippen MR) is 181 cm³/mol. The first-order valence-electron chi connectivity index (χ1n) is 15.7. The number of hydrogen-bond acceptors (Lipinski definition) is 8. The first-order chi connectivity index (χ1) is 23.3. The van der Waals surface area contributed by atoms with Gasteiger partial charge < -0.3 is 35.1 Å². The van der Waals surface area contributed by atoms with E-state index in [0.717, 1.165) is 33.4 Å². The third-order valence-corrected chi connectivity index (χ3v) is 9.01. The van der Waals surface area contributed by atoms with Gasteiger partial charge in [-0.2, -0.15) is 0 Å². The molecule has 4 aromatic carbocycles. The van der Waals surface area contributed by atoms with Crippen molar-refractivity contribution in [3.63, 3.8) is 0 Å². The predicted octanol–water partition coefficient (Wildman–Crippen LogP) is 6.24. The molecular weight excluding hydrogens is 632 g/mol. The minimum atomic E-state index is -0.972. The van der Waals surface area contributed by atoms with Crippen LogP contribution in [-0.2, 0) is 32.2 Å². The Labute approximate surface area is 283 Å². The quantitative estimate of drug-likeness (QED) is 0.0960. The summed E-state index contributed by atoms with van der Waals surface area (Å²) in [5.74, 6) is -0.944. The van der Waals surface area contributed by atoms with Gasteiger partial charge in [0, 0.05) is 29.2 Å². The Bertz CT molecular complexity index is 1700. The van der Waals surface area contributed by atoms with Gasteiger partial charge in [-0.25, -0.2) is 9.59 Å². The fraction of sp³-hybridized carbons (Fsp3) is 0.270. The van der Waals surface area contributed by atoms with Crippen LogP contribution >= 0.6 is 11.8 Å². The lowest BCUT2D eigenvalue weighted by molar-refractivity contribution is -0.245. The van der Waals surface area contributed by atoms with E-state index < -0.39 is 24.3 Å². The monoisotopic (exact) mass is 670 g/mol. The molecule has 0 aliphatic carbocycles. The number of rotatable bonds is 13. The van der Waals surface area contributed by atoms with Gasteiger partial charge >= 0.3 is 18.0 Å². The average molecular weight is 671 g/mol. The highest BCUT2D eigenvalue weighted by Crippen LogP contribution is 2.40. The Kier molecular flexibility index (Phi) is 12.2. The van der Waals surface area contributed by atoms with E-state index >= 15 is 0 Å². The van der Waals surface area contributed by atoms with Gasteiger partial charge in [-0.1, -0.05) is 84.9 Å². The number of carbonyl (C=O) groups excluding carboxylic acids is 2. The number of urea groups is 1. The Morgan fingerprint density at radius 2 is 1.58 bits per heavy atom. The molecule has 10 nitrogen and oxygen atoms in total. The van der Waals surface area contributed by atoms with Crippen LogP contribution in [0.1, 0.15) is 58.4 Å². The highest BCUT2D eigenvalue weighted by Gasteiger charge is 2.32. The zero-order valence-corrected chi connectivity index (χ0v) is 27.3. The van der Waals surface area contributed by atoms with Gasteiger partial charge in [-0.05, 0) is 46.9 Å². The summed E-state index contributed by atoms with van der Waals surface area (Å²) in [6.45, 7) is 1.94. The van der Waals surface area contributed by atoms with E-state index in [-0.39, 0.29) is 44.1 Å². The van der Waals surface area contributed by atoms with E-state index in [4.69, 9.17) is 14.2 Å². The number of nitrogens with one attached hydrogen (secondary N) is 2. The summed E-state index contributed by atoms with van der Waals surface area (Å²) in [5.41, 5.74) is 5.62. The topological polar surface area (TPSA) is 143 Å². The summed E-state index contributed by atoms with van der Waals surface area (Å²) in [5, 5.41) is 24.4. The van der Waals surface area contributed by atoms with Crippen LogP contribution in [0.2, 0.25) is 0 Å². The number of carboxylic acids is 1. The number of amides is 2. The number of aliphatic hydroxyl groups is 1. The molecule has 11 heteroatoms. The lowest BCUT2D eigenvalue weighted by atomic mass is 9.98. The number of benzene rings is 4. The number of carbonyl (C=O) groups is 3. The minimum Gasteiger partial charge on any atom is -0.478 e. The molecule has 0 saturated carbocycles. The Morgan fingerprint density at radius 3 is 2.31 bits per heavy atom. The number of hydrogen-bond donors (Lipinski definition) is 4. The molecule has 2 amide bonds. The highest BCUT2D eigenvalue weighted by atomic mass is 32.2. The van der Waals surface area contributed by atoms with Gasteiger partial charge in [0.2, 0.25) is 0 Å². The molecule has 1 aliphatic heterocycles. The summed E-state index contributed by atoms with van der Waals surface area (Å²) in [6, 6.07) is 29.7. The SMILES string of the molecule is CCOC(=O)CNC(=O)NCc1ccccc1-c1ccc(C2OC(CSc3ccccc3C(=O)O)CC(c3ccc(CO)cc3)O2)cc1. The van der Waals surface area contributed by atoms with Crippen molar-refractivity contribution in [2.24, 2.45) is 0 Å². The summed E-state index contributed by atoms with van der Waals surface area (Å²) in [4.78, 5) is 36.2. The van der Waals surface area contributed by atoms with Crippen LogP contribution in [0.5, 0.6) is 0 Å². The molecule has 5 rings (SSSR count). The fourth-order valence-corrected chi connectivity index (χ4v) is 6.42. The first kappa shape index (κ1) is 34.6. The van der Waals surface area contributed by atoms with Gasteiger partial charge in [0.1, 0.15) is 6.54 Å². The van der Waals surface area contributed by atoms with Crippen LogP contribution in [0.4, 0.5) is 4.79 Å². The second-order valence-corrected chi connectivity index (χ2v) is 12.1. The molecule has 1 saturated heterocycles. The fourth-order valence-electron chi connectivity index (χ4n) is 5.35. The first-order valence-corrected chi connectivity index (χ1v) is 16.6. The smallest absolute Gasteiger partial charge is 0.336 e. The normalized spacial score (nSPS) is 17.3. The summed E-state index contributed by atoms with van der Waals surface area (Å²) >= 11 is 1.45. The number of esters is 1. The van der Waals surface area contributed by atoms with Crippen LogP contribution < -0.4 is 10.6 Å². The average Bonchev–Trinajstić information content (AvgIpc) is 3.12. The van der Waals surface area contributed by atoms with Crippen molar-refractivity contribution in [3.8, 4) is 11.1 Å². The number of thioether (sulfide) groups is 1. The van der Waals surface area contributed by atoms with Crippen molar-refractivity contribution in [1.82, 2.24) is 10.6 Å². The molecule has 3 atom stereocenters. The molecule has 3 unspecified atom stereocenters. The van der Waals surface area contributed by atoms with E-state index in [9.17, 15) is 24.6 Å². The summed E-state index contributed by atoms with van der Waals surface area (Å²) in [6.07, 6.45) is -0.614. The van der Waals surface area contributed by atoms with Crippen molar-refractivity contribution in [1.29, 1.82) is 0 Å². The van der Waals surface area contributed by atoms with Crippen molar-refractivity contribution in [3.05, 3.63) is 125 Å². The van der Waals surface area contributed by atoms with Gasteiger partial charge in [-0.15, -0.1) is 11.8 Å². The molecule has 1 aliphatic rings. The van der Waals surface area contributed by atoms with Gasteiger partial charge in [0.05, 0.1) is 31.0 Å². The molecular formula is C37H38N2O8S. The van der Waals surface area contributed by atoms with Gasteiger partial charge in [0.25, 0.3) is 0 Å². The Balaban J connectivity index is 1.30. The molecule has 0 spiro atoms. The molecule has 4 aromatic rings. The number of aromatic carboxylic acids is 1. The standard InChI is InChI=1S/C37H38N2O8S/c1-2-45-34(41)21-39-37(44)38-20-28-7-3-4-8-30(28)25-15-17-27(18-16-25)36-46-29(23-48-33-10-6-5-9-31(33)35(42)43)19-32(47-36)26-13-11-24(22-40)12-14-26/h3-18,29,32,36,40H,2,19-23H2,1H3,(H,42,43)(H2,38,39,44). The lowest BCUT2D eigenvalue weighted by Crippen LogP contribution is -2.38. The largest absolute Gasteiger partial charge is 0.478 e. The zero-order valence-electron chi connectivity index (χ0n) is 26.5. The molecule has 1 heterocycles. The molecule has 0 bridgehead atoms. The van der Waals surface area contributed by atoms with E-state index in [1.165, 1.54) is 11.8 Å². The van der Waals surface area contributed by atoms with E-state index in [2.05, 4.69) is 10.6 Å². The third-order valence-electron chi connectivity index (χ3n) is 7.81. The van der Waals surface area contributed by atoms with Crippen LogP contribution in [0, 0.1) is 0 Å². The second kappa shape index (κ2) is 16.9. The maximum atomic E-state index is 12.3. The number of aliphatic hydroxyl groups excluding tert-OH is 1. The zero-order chi connectivity index (χ0) is 33.9. The number of carboxylic acid groups (broad SMARTS) is 1. The molecule has 1 fully saturated rings. The Hall–Kier alpha value is -4.68. The maximum Gasteiger partial charge on any atom is 0.336 e. The van der Waals surface area contributed by atoms with Crippen LogP contribution in [-0.4, -0.2) is 53.2 Å². The van der Waals surface area contributed by atoms with Crippen molar-refractivity contribution >= 4 is 29.7 Å². The molecule has 0 aromatic heterocycles. The van der Waals surface area contributed by atoms with Crippen LogP contribution in [0.25, 0.3) is 11.1 Å². The van der Waals surface area contributed by atoms with Crippen LogP contribution in [0.15, 0.2) is 102 Å². The van der Waals surface area contributed by atoms with Crippen molar-refractivity contribution in [2.45, 2.75) is 49.9 Å². The molecule has 250 valence electrons. The summed E-state index contributed by atoms with van der Waals surface area (Å²) < 4.78 is 17.8. The lowest BCUT2D eigenvalue weighted by Gasteiger charge is -2.36. The summed E-state index contributed by atoms with van der Waals surface area (Å²) in [7, 11) is 0. The third kappa shape index (κ3) is 9.23. The van der Waals surface area contributed by atoms with Crippen molar-refractivity contribution in [2.75, 3.05) is 18.9 Å². The second-order valence-electron chi connectivity index (χ2n) is 11.1. The minimum absolute atomic E-state index is 0.0476. The van der Waals surface area contributed by atoms with E-state index in [0.29, 0.717) is 17.1 Å². The molecule has 4 N–H and O–H groups in total. The van der Waals surface area contributed by atoms with Gasteiger partial charge in [0.15, 0.2) is 6.29 Å². The van der Waals surface area contributed by atoms with Crippen molar-refractivity contribution < 1.29 is 38.8 Å². The van der Waals surface area contributed by atoms with E-state index in [1.54, 1.807) is 25.1 Å². The Morgan fingerprint density at radius 1 is 0.875 bits per heavy atom. The molecule has 48 heavy (non-hydrogen) atoms. The van der Waals surface area contributed by atoms with Gasteiger partial charge in [-0.3, -0.25) is 4.79 Å². The van der Waals surface area contributed by atoms with E-state index in [1.807, 2.05) is 78.9 Å². The maximum absolute atomic E-state index is 12.3. The number of ether oxygens (including phenoxy) is 3. The highest BCUT2D eigenvalue weighted by molar-refractivity contribution is 7.99. The molecule has 0 radical (unpaired) electrons. The van der Waals surface area contributed by atoms with Crippen LogP contribution in [0.3, 0.4) is 0 Å².